The molecule has 0 aromatic heterocycles. The molecule has 0 radical (unpaired) electrons. The Kier molecular flexibility index (Phi) is 8.23. The molecule has 4 nitrogen and oxygen atoms in total. The van der Waals surface area contributed by atoms with Gasteiger partial charge in [0.1, 0.15) is 0 Å². The van der Waals surface area contributed by atoms with Crippen LogP contribution in [0.3, 0.4) is 0 Å². The van der Waals surface area contributed by atoms with Crippen LogP contribution in [0.25, 0.3) is 0 Å². The highest BCUT2D eigenvalue weighted by Gasteiger charge is 2.16. The summed E-state index contributed by atoms with van der Waals surface area (Å²) < 4.78 is 11.1. The Morgan fingerprint density at radius 1 is 1.52 bits per heavy atom. The van der Waals surface area contributed by atoms with Crippen molar-refractivity contribution in [3.05, 3.63) is 29.3 Å². The minimum Gasteiger partial charge on any atom is -0.379 e. The number of hydrogen-bond donors (Lipinski definition) is 1. The van der Waals surface area contributed by atoms with Gasteiger partial charge >= 0.3 is 0 Å². The van der Waals surface area contributed by atoms with E-state index >= 15 is 0 Å². The van der Waals surface area contributed by atoms with Crippen molar-refractivity contribution in [2.45, 2.75) is 42.4 Å². The van der Waals surface area contributed by atoms with Gasteiger partial charge in [-0.1, -0.05) is 23.7 Å². The molecule has 1 aliphatic rings. The molecule has 1 aromatic carbocycles. The van der Waals surface area contributed by atoms with Crippen LogP contribution < -0.4 is 5.32 Å². The average Bonchev–Trinajstić information content (AvgIpc) is 3.06. The second kappa shape index (κ2) is 10.2. The summed E-state index contributed by atoms with van der Waals surface area (Å²) in [5.74, 6) is 0.0223. The van der Waals surface area contributed by atoms with E-state index in [4.69, 9.17) is 21.1 Å². The van der Waals surface area contributed by atoms with E-state index in [1.807, 2.05) is 31.2 Å². The lowest BCUT2D eigenvalue weighted by molar-refractivity contribution is -0.120. The Morgan fingerprint density at radius 2 is 2.35 bits per heavy atom. The third-order valence-electron chi connectivity index (χ3n) is 3.60. The zero-order valence-electron chi connectivity index (χ0n) is 13.4. The summed E-state index contributed by atoms with van der Waals surface area (Å²) in [4.78, 5) is 13.0. The SMILES string of the molecule is CC(Sc1ccccc1Cl)C(=O)NCCCOCC1CCCO1. The van der Waals surface area contributed by atoms with E-state index in [-0.39, 0.29) is 17.3 Å². The van der Waals surface area contributed by atoms with Crippen molar-refractivity contribution in [2.24, 2.45) is 0 Å². The highest BCUT2D eigenvalue weighted by atomic mass is 35.5. The van der Waals surface area contributed by atoms with Gasteiger partial charge in [0.15, 0.2) is 0 Å². The summed E-state index contributed by atoms with van der Waals surface area (Å²) >= 11 is 7.58. The van der Waals surface area contributed by atoms with Gasteiger partial charge in [-0.2, -0.15) is 0 Å². The summed E-state index contributed by atoms with van der Waals surface area (Å²) in [7, 11) is 0. The summed E-state index contributed by atoms with van der Waals surface area (Å²) in [6.45, 7) is 4.67. The van der Waals surface area contributed by atoms with E-state index in [9.17, 15) is 4.79 Å². The molecule has 0 bridgehead atoms. The van der Waals surface area contributed by atoms with E-state index in [2.05, 4.69) is 5.32 Å². The van der Waals surface area contributed by atoms with E-state index in [0.29, 0.717) is 24.8 Å². The Hall–Kier alpha value is -0.750. The van der Waals surface area contributed by atoms with Crippen molar-refractivity contribution < 1.29 is 14.3 Å². The third kappa shape index (κ3) is 6.71. The molecule has 1 aromatic rings. The number of carbonyl (C=O) groups is 1. The topological polar surface area (TPSA) is 47.6 Å². The second-order valence-corrected chi connectivity index (χ2v) is 7.33. The first kappa shape index (κ1) is 18.6. The molecule has 1 fully saturated rings. The molecule has 0 spiro atoms. The molecule has 1 saturated heterocycles. The van der Waals surface area contributed by atoms with Gasteiger partial charge in [-0.3, -0.25) is 4.79 Å². The number of ether oxygens (including phenoxy) is 2. The predicted octanol–water partition coefficient (Wildman–Crippen LogP) is 3.52. The van der Waals surface area contributed by atoms with Crippen LogP contribution in [0.15, 0.2) is 29.2 Å². The minimum absolute atomic E-state index is 0.0223. The summed E-state index contributed by atoms with van der Waals surface area (Å²) in [6.07, 6.45) is 3.29. The fourth-order valence-electron chi connectivity index (χ4n) is 2.30. The molecule has 2 atom stereocenters. The van der Waals surface area contributed by atoms with Crippen molar-refractivity contribution >= 4 is 29.3 Å². The second-order valence-electron chi connectivity index (χ2n) is 5.55. The van der Waals surface area contributed by atoms with Crippen molar-refractivity contribution in [3.8, 4) is 0 Å². The van der Waals surface area contributed by atoms with Crippen LogP contribution in [0.2, 0.25) is 5.02 Å². The molecular weight excluding hydrogens is 334 g/mol. The molecule has 1 heterocycles. The normalized spacial score (nSPS) is 18.8. The quantitative estimate of drug-likeness (QED) is 0.542. The number of rotatable bonds is 9. The highest BCUT2D eigenvalue weighted by molar-refractivity contribution is 8.00. The molecular formula is C17H24ClNO3S. The zero-order chi connectivity index (χ0) is 16.5. The van der Waals surface area contributed by atoms with Gasteiger partial charge in [-0.25, -0.2) is 0 Å². The number of thioether (sulfide) groups is 1. The highest BCUT2D eigenvalue weighted by Crippen LogP contribution is 2.29. The van der Waals surface area contributed by atoms with Crippen LogP contribution in [0, 0.1) is 0 Å². The predicted molar refractivity (Wildman–Crippen MR) is 94.2 cm³/mol. The van der Waals surface area contributed by atoms with E-state index in [1.165, 1.54) is 11.8 Å². The minimum atomic E-state index is -0.178. The number of hydrogen-bond acceptors (Lipinski definition) is 4. The van der Waals surface area contributed by atoms with Crippen LogP contribution in [-0.2, 0) is 14.3 Å². The zero-order valence-corrected chi connectivity index (χ0v) is 15.0. The van der Waals surface area contributed by atoms with Crippen LogP contribution in [0.1, 0.15) is 26.2 Å². The molecule has 0 saturated carbocycles. The van der Waals surface area contributed by atoms with Gasteiger partial charge in [0.25, 0.3) is 0 Å². The van der Waals surface area contributed by atoms with Crippen molar-refractivity contribution in [1.82, 2.24) is 5.32 Å². The van der Waals surface area contributed by atoms with E-state index in [1.54, 1.807) is 0 Å². The maximum atomic E-state index is 12.1. The molecule has 2 unspecified atom stereocenters. The van der Waals surface area contributed by atoms with Crippen LogP contribution in [-0.4, -0.2) is 43.6 Å². The molecule has 1 N–H and O–H groups in total. The van der Waals surface area contributed by atoms with Gasteiger partial charge in [-0.15, -0.1) is 11.8 Å². The number of nitrogens with one attached hydrogen (secondary N) is 1. The number of carbonyl (C=O) groups excluding carboxylic acids is 1. The largest absolute Gasteiger partial charge is 0.379 e. The standard InChI is InChI=1S/C17H24ClNO3S/c1-13(23-16-8-3-2-7-15(16)18)17(20)19-9-5-10-21-12-14-6-4-11-22-14/h2-3,7-8,13-14H,4-6,9-12H2,1H3,(H,19,20). The summed E-state index contributed by atoms with van der Waals surface area (Å²) in [5.41, 5.74) is 0. The fraction of sp³-hybridized carbons (Fsp3) is 0.588. The van der Waals surface area contributed by atoms with Crippen LogP contribution >= 0.6 is 23.4 Å². The Morgan fingerprint density at radius 3 is 3.09 bits per heavy atom. The number of amides is 1. The van der Waals surface area contributed by atoms with Crippen LogP contribution in [0.4, 0.5) is 0 Å². The van der Waals surface area contributed by atoms with Gasteiger partial charge < -0.3 is 14.8 Å². The molecule has 0 aliphatic carbocycles. The average molecular weight is 358 g/mol. The van der Waals surface area contributed by atoms with Gasteiger partial charge in [0, 0.05) is 24.7 Å². The lowest BCUT2D eigenvalue weighted by atomic mass is 10.2. The van der Waals surface area contributed by atoms with Gasteiger partial charge in [0.2, 0.25) is 5.91 Å². The van der Waals surface area contributed by atoms with E-state index in [0.717, 1.165) is 30.8 Å². The molecule has 6 heteroatoms. The van der Waals surface area contributed by atoms with E-state index < -0.39 is 0 Å². The molecule has 2 rings (SSSR count). The Labute approximate surface area is 147 Å². The first-order chi connectivity index (χ1) is 11.2. The Balaban J connectivity index is 1.56. The van der Waals surface area contributed by atoms with Crippen molar-refractivity contribution in [2.75, 3.05) is 26.4 Å². The van der Waals surface area contributed by atoms with Gasteiger partial charge in [-0.05, 0) is 38.3 Å². The monoisotopic (exact) mass is 357 g/mol. The van der Waals surface area contributed by atoms with Crippen molar-refractivity contribution in [1.29, 1.82) is 0 Å². The smallest absolute Gasteiger partial charge is 0.233 e. The summed E-state index contributed by atoms with van der Waals surface area (Å²) in [6, 6.07) is 7.56. The Bertz CT molecular complexity index is 494. The first-order valence-corrected chi connectivity index (χ1v) is 9.31. The third-order valence-corrected chi connectivity index (χ3v) is 5.22. The molecule has 1 aliphatic heterocycles. The molecule has 1 amide bonds. The first-order valence-electron chi connectivity index (χ1n) is 8.05. The lowest BCUT2D eigenvalue weighted by Gasteiger charge is -2.13. The fourth-order valence-corrected chi connectivity index (χ4v) is 3.48. The van der Waals surface area contributed by atoms with Gasteiger partial charge in [0.05, 0.1) is 23.0 Å². The maximum Gasteiger partial charge on any atom is 0.233 e. The number of benzene rings is 1. The summed E-state index contributed by atoms with van der Waals surface area (Å²) in [5, 5.41) is 3.44. The lowest BCUT2D eigenvalue weighted by Crippen LogP contribution is -2.32. The number of halogens is 1. The van der Waals surface area contributed by atoms with Crippen LogP contribution in [0.5, 0.6) is 0 Å². The maximum absolute atomic E-state index is 12.1. The van der Waals surface area contributed by atoms with Crippen molar-refractivity contribution in [3.63, 3.8) is 0 Å². The molecule has 128 valence electrons. The molecule has 23 heavy (non-hydrogen) atoms.